The quantitative estimate of drug-likeness (QED) is 0.845. The standard InChI is InChI=1S/C11H12BrF2NO/c1-11(16)5-15(6-11)4-7-9(13)3-2-8(12)10(7)14/h2-3,16H,4-6H2,1H3. The van der Waals surface area contributed by atoms with Crippen LogP contribution in [0.2, 0.25) is 0 Å². The third-order valence-electron chi connectivity index (χ3n) is 2.65. The summed E-state index contributed by atoms with van der Waals surface area (Å²) in [5.74, 6) is -1.11. The molecule has 1 aliphatic heterocycles. The molecule has 1 heterocycles. The van der Waals surface area contributed by atoms with Crippen LogP contribution in [0.3, 0.4) is 0 Å². The maximum absolute atomic E-state index is 13.6. The van der Waals surface area contributed by atoms with E-state index in [-0.39, 0.29) is 16.6 Å². The summed E-state index contributed by atoms with van der Waals surface area (Å²) >= 11 is 3.02. The van der Waals surface area contributed by atoms with Crippen molar-refractivity contribution in [3.8, 4) is 0 Å². The van der Waals surface area contributed by atoms with E-state index < -0.39 is 17.2 Å². The van der Waals surface area contributed by atoms with Gasteiger partial charge in [-0.25, -0.2) is 8.78 Å². The molecular formula is C11H12BrF2NO. The average molecular weight is 292 g/mol. The van der Waals surface area contributed by atoms with Crippen molar-refractivity contribution in [1.29, 1.82) is 0 Å². The molecule has 1 aromatic rings. The van der Waals surface area contributed by atoms with E-state index >= 15 is 0 Å². The van der Waals surface area contributed by atoms with Gasteiger partial charge in [-0.2, -0.15) is 0 Å². The summed E-state index contributed by atoms with van der Waals surface area (Å²) in [6, 6.07) is 2.58. The Hall–Kier alpha value is -0.520. The summed E-state index contributed by atoms with van der Waals surface area (Å²) in [6.45, 7) is 2.78. The Morgan fingerprint density at radius 2 is 2.06 bits per heavy atom. The molecule has 0 saturated carbocycles. The molecule has 88 valence electrons. The molecule has 0 aromatic heterocycles. The van der Waals surface area contributed by atoms with E-state index in [1.165, 1.54) is 12.1 Å². The largest absolute Gasteiger partial charge is 0.388 e. The van der Waals surface area contributed by atoms with Crippen molar-refractivity contribution in [2.75, 3.05) is 13.1 Å². The highest BCUT2D eigenvalue weighted by molar-refractivity contribution is 9.10. The predicted molar refractivity (Wildman–Crippen MR) is 60.0 cm³/mol. The first-order valence-electron chi connectivity index (χ1n) is 4.96. The van der Waals surface area contributed by atoms with Crippen molar-refractivity contribution in [2.45, 2.75) is 19.1 Å². The summed E-state index contributed by atoms with van der Waals surface area (Å²) in [5, 5.41) is 9.52. The molecule has 0 unspecified atom stereocenters. The van der Waals surface area contributed by atoms with Crippen LogP contribution in [0, 0.1) is 11.6 Å². The zero-order valence-corrected chi connectivity index (χ0v) is 10.4. The lowest BCUT2D eigenvalue weighted by atomic mass is 9.96. The lowest BCUT2D eigenvalue weighted by Crippen LogP contribution is -2.59. The number of halogens is 3. The summed E-state index contributed by atoms with van der Waals surface area (Å²) < 4.78 is 27.3. The zero-order chi connectivity index (χ0) is 11.9. The van der Waals surface area contributed by atoms with Crippen molar-refractivity contribution >= 4 is 15.9 Å². The fraction of sp³-hybridized carbons (Fsp3) is 0.455. The zero-order valence-electron chi connectivity index (χ0n) is 8.80. The first kappa shape index (κ1) is 12.0. The van der Waals surface area contributed by atoms with Crippen LogP contribution in [0.4, 0.5) is 8.78 Å². The number of nitrogens with zero attached hydrogens (tertiary/aromatic N) is 1. The number of likely N-dealkylation sites (tertiary alicyclic amines) is 1. The molecule has 0 atom stereocenters. The first-order valence-corrected chi connectivity index (χ1v) is 5.75. The first-order chi connectivity index (χ1) is 7.39. The van der Waals surface area contributed by atoms with Crippen molar-refractivity contribution < 1.29 is 13.9 Å². The van der Waals surface area contributed by atoms with Gasteiger partial charge in [0.1, 0.15) is 11.6 Å². The Balaban J connectivity index is 2.13. The molecule has 16 heavy (non-hydrogen) atoms. The van der Waals surface area contributed by atoms with Gasteiger partial charge in [0, 0.05) is 25.2 Å². The second-order valence-electron chi connectivity index (χ2n) is 4.46. The maximum Gasteiger partial charge on any atom is 0.144 e. The minimum atomic E-state index is -0.723. The fourth-order valence-electron chi connectivity index (χ4n) is 1.97. The predicted octanol–water partition coefficient (Wildman–Crippen LogP) is 2.29. The van der Waals surface area contributed by atoms with E-state index in [2.05, 4.69) is 15.9 Å². The Morgan fingerprint density at radius 1 is 1.44 bits per heavy atom. The second kappa shape index (κ2) is 4.05. The van der Waals surface area contributed by atoms with Crippen LogP contribution in [-0.4, -0.2) is 28.7 Å². The van der Waals surface area contributed by atoms with E-state index in [0.717, 1.165) is 0 Å². The Bertz CT molecular complexity index is 415. The van der Waals surface area contributed by atoms with Gasteiger partial charge in [0.25, 0.3) is 0 Å². The van der Waals surface area contributed by atoms with Crippen LogP contribution in [0.1, 0.15) is 12.5 Å². The Labute approximate surface area is 101 Å². The number of hydrogen-bond acceptors (Lipinski definition) is 2. The van der Waals surface area contributed by atoms with Crippen molar-refractivity contribution in [1.82, 2.24) is 4.90 Å². The van der Waals surface area contributed by atoms with Crippen LogP contribution in [0.15, 0.2) is 16.6 Å². The molecule has 0 aliphatic carbocycles. The molecule has 5 heteroatoms. The number of β-amino-alcohol motifs (C(OH)–C–C–N with tert-alkyl or cyclic N) is 1. The average Bonchev–Trinajstić information content (AvgIpc) is 2.15. The summed E-state index contributed by atoms with van der Waals surface area (Å²) in [7, 11) is 0. The van der Waals surface area contributed by atoms with Gasteiger partial charge in [-0.15, -0.1) is 0 Å². The van der Waals surface area contributed by atoms with E-state index in [1.807, 2.05) is 0 Å². The highest BCUT2D eigenvalue weighted by atomic mass is 79.9. The van der Waals surface area contributed by atoms with Crippen LogP contribution >= 0.6 is 15.9 Å². The van der Waals surface area contributed by atoms with Crippen molar-refractivity contribution in [3.05, 3.63) is 33.8 Å². The lowest BCUT2D eigenvalue weighted by Gasteiger charge is -2.44. The summed E-state index contributed by atoms with van der Waals surface area (Å²) in [6.07, 6.45) is 0. The topological polar surface area (TPSA) is 23.5 Å². The maximum atomic E-state index is 13.6. The van der Waals surface area contributed by atoms with Gasteiger partial charge in [0.15, 0.2) is 0 Å². The Kier molecular flexibility index (Phi) is 3.03. The minimum Gasteiger partial charge on any atom is -0.388 e. The van der Waals surface area contributed by atoms with Gasteiger partial charge < -0.3 is 5.11 Å². The molecule has 1 fully saturated rings. The smallest absolute Gasteiger partial charge is 0.144 e. The van der Waals surface area contributed by atoms with Crippen molar-refractivity contribution in [3.63, 3.8) is 0 Å². The third kappa shape index (κ3) is 2.26. The van der Waals surface area contributed by atoms with Gasteiger partial charge in [0.05, 0.1) is 10.1 Å². The monoisotopic (exact) mass is 291 g/mol. The molecule has 0 spiro atoms. The number of benzene rings is 1. The molecule has 1 aromatic carbocycles. The molecule has 0 bridgehead atoms. The highest BCUT2D eigenvalue weighted by Crippen LogP contribution is 2.27. The fourth-order valence-corrected chi connectivity index (χ4v) is 2.34. The number of rotatable bonds is 2. The van der Waals surface area contributed by atoms with Crippen molar-refractivity contribution in [2.24, 2.45) is 0 Å². The van der Waals surface area contributed by atoms with Crippen LogP contribution in [0.5, 0.6) is 0 Å². The number of hydrogen-bond donors (Lipinski definition) is 1. The molecule has 1 aliphatic rings. The van der Waals surface area contributed by atoms with Gasteiger partial charge in [-0.3, -0.25) is 4.90 Å². The highest BCUT2D eigenvalue weighted by Gasteiger charge is 2.36. The van der Waals surface area contributed by atoms with E-state index in [1.54, 1.807) is 11.8 Å². The van der Waals surface area contributed by atoms with E-state index in [0.29, 0.717) is 13.1 Å². The molecular weight excluding hydrogens is 280 g/mol. The van der Waals surface area contributed by atoms with E-state index in [9.17, 15) is 13.9 Å². The summed E-state index contributed by atoms with van der Waals surface area (Å²) in [4.78, 5) is 1.80. The molecule has 1 saturated heterocycles. The minimum absolute atomic E-state index is 0.0462. The number of aliphatic hydroxyl groups is 1. The molecule has 0 amide bonds. The van der Waals surface area contributed by atoms with Crippen LogP contribution < -0.4 is 0 Å². The van der Waals surface area contributed by atoms with Crippen LogP contribution in [0.25, 0.3) is 0 Å². The van der Waals surface area contributed by atoms with Gasteiger partial charge in [-0.1, -0.05) is 0 Å². The molecule has 2 nitrogen and oxygen atoms in total. The second-order valence-corrected chi connectivity index (χ2v) is 5.32. The van der Waals surface area contributed by atoms with Gasteiger partial charge in [0.2, 0.25) is 0 Å². The molecule has 0 radical (unpaired) electrons. The molecule has 2 rings (SSSR count). The normalized spacial score (nSPS) is 19.6. The lowest BCUT2D eigenvalue weighted by molar-refractivity contribution is -0.0878. The van der Waals surface area contributed by atoms with E-state index in [4.69, 9.17) is 0 Å². The summed E-state index contributed by atoms with van der Waals surface area (Å²) in [5.41, 5.74) is -0.677. The molecule has 1 N–H and O–H groups in total. The SMILES string of the molecule is CC1(O)CN(Cc2c(F)ccc(Br)c2F)C1. The third-order valence-corrected chi connectivity index (χ3v) is 3.26. The Morgan fingerprint density at radius 3 is 2.62 bits per heavy atom. The van der Waals surface area contributed by atoms with Gasteiger partial charge in [-0.05, 0) is 35.0 Å². The van der Waals surface area contributed by atoms with Gasteiger partial charge >= 0.3 is 0 Å². The van der Waals surface area contributed by atoms with Crippen LogP contribution in [-0.2, 0) is 6.54 Å².